The second kappa shape index (κ2) is 5.71. The van der Waals surface area contributed by atoms with Crippen molar-refractivity contribution in [2.24, 2.45) is 7.05 Å². The first-order valence-electron chi connectivity index (χ1n) is 9.24. The molecule has 1 saturated carbocycles. The standard InChI is InChI=1S/C19H27N5O/c1-19(2,3)24-17(13-7-8-13)10-15(21-24)18(25)23-9-5-6-16(23)14-11-20-22(4)12-14/h10-13,16H,5-9H2,1-4H3. The molecule has 134 valence electrons. The Hall–Kier alpha value is -2.11. The summed E-state index contributed by atoms with van der Waals surface area (Å²) in [4.78, 5) is 15.2. The number of hydrogen-bond acceptors (Lipinski definition) is 3. The van der Waals surface area contributed by atoms with Crippen molar-refractivity contribution in [2.75, 3.05) is 6.54 Å². The number of likely N-dealkylation sites (tertiary alicyclic amines) is 1. The first-order chi connectivity index (χ1) is 11.8. The minimum Gasteiger partial charge on any atom is -0.330 e. The number of aryl methyl sites for hydroxylation is 1. The van der Waals surface area contributed by atoms with Crippen molar-refractivity contribution in [3.05, 3.63) is 35.4 Å². The molecule has 0 N–H and O–H groups in total. The van der Waals surface area contributed by atoms with Gasteiger partial charge in [0.1, 0.15) is 0 Å². The second-order valence-electron chi connectivity index (χ2n) is 8.42. The predicted octanol–water partition coefficient (Wildman–Crippen LogP) is 3.23. The van der Waals surface area contributed by atoms with E-state index in [1.165, 1.54) is 18.5 Å². The molecule has 6 heteroatoms. The first kappa shape index (κ1) is 16.4. The molecular formula is C19H27N5O. The zero-order chi connectivity index (χ0) is 17.8. The highest BCUT2D eigenvalue weighted by Crippen LogP contribution is 2.42. The number of amides is 1. The van der Waals surface area contributed by atoms with Gasteiger partial charge in [-0.3, -0.25) is 14.2 Å². The molecule has 6 nitrogen and oxygen atoms in total. The number of rotatable bonds is 3. The molecule has 2 aromatic heterocycles. The Morgan fingerprint density at radius 2 is 2.00 bits per heavy atom. The third-order valence-corrected chi connectivity index (χ3v) is 5.21. The quantitative estimate of drug-likeness (QED) is 0.861. The first-order valence-corrected chi connectivity index (χ1v) is 9.24. The van der Waals surface area contributed by atoms with Crippen LogP contribution in [0.4, 0.5) is 0 Å². The maximum Gasteiger partial charge on any atom is 0.274 e. The van der Waals surface area contributed by atoms with Crippen molar-refractivity contribution in [1.82, 2.24) is 24.5 Å². The Kier molecular flexibility index (Phi) is 3.74. The Balaban J connectivity index is 1.64. The summed E-state index contributed by atoms with van der Waals surface area (Å²) < 4.78 is 3.86. The van der Waals surface area contributed by atoms with E-state index in [0.717, 1.165) is 24.9 Å². The van der Waals surface area contributed by atoms with Crippen LogP contribution in [0.3, 0.4) is 0 Å². The van der Waals surface area contributed by atoms with Gasteiger partial charge in [0.05, 0.1) is 17.8 Å². The zero-order valence-electron chi connectivity index (χ0n) is 15.6. The van der Waals surface area contributed by atoms with E-state index in [1.54, 1.807) is 4.68 Å². The number of hydrogen-bond donors (Lipinski definition) is 0. The monoisotopic (exact) mass is 341 g/mol. The van der Waals surface area contributed by atoms with Crippen LogP contribution in [0.25, 0.3) is 0 Å². The highest BCUT2D eigenvalue weighted by atomic mass is 16.2. The normalized spacial score (nSPS) is 21.1. The molecule has 25 heavy (non-hydrogen) atoms. The van der Waals surface area contributed by atoms with E-state index in [4.69, 9.17) is 5.10 Å². The van der Waals surface area contributed by atoms with E-state index in [-0.39, 0.29) is 17.5 Å². The molecule has 3 heterocycles. The summed E-state index contributed by atoms with van der Waals surface area (Å²) in [5.74, 6) is 0.622. The van der Waals surface area contributed by atoms with Crippen LogP contribution >= 0.6 is 0 Å². The summed E-state index contributed by atoms with van der Waals surface area (Å²) in [6.45, 7) is 7.23. The van der Waals surface area contributed by atoms with Crippen LogP contribution in [0, 0.1) is 0 Å². The third kappa shape index (κ3) is 2.98. The number of carbonyl (C=O) groups excluding carboxylic acids is 1. The van der Waals surface area contributed by atoms with Crippen LogP contribution in [0.1, 0.15) is 80.2 Å². The van der Waals surface area contributed by atoms with E-state index < -0.39 is 0 Å². The van der Waals surface area contributed by atoms with Crippen molar-refractivity contribution in [3.63, 3.8) is 0 Å². The van der Waals surface area contributed by atoms with Crippen molar-refractivity contribution in [2.45, 2.75) is 64.0 Å². The Morgan fingerprint density at radius 3 is 2.60 bits per heavy atom. The lowest BCUT2D eigenvalue weighted by atomic mass is 10.1. The van der Waals surface area contributed by atoms with E-state index in [0.29, 0.717) is 11.6 Å². The minimum absolute atomic E-state index is 0.0521. The highest BCUT2D eigenvalue weighted by molar-refractivity contribution is 5.93. The predicted molar refractivity (Wildman–Crippen MR) is 95.4 cm³/mol. The topological polar surface area (TPSA) is 56.0 Å². The molecule has 1 saturated heterocycles. The fourth-order valence-electron chi connectivity index (χ4n) is 3.82. The highest BCUT2D eigenvalue weighted by Gasteiger charge is 2.36. The second-order valence-corrected chi connectivity index (χ2v) is 8.42. The van der Waals surface area contributed by atoms with E-state index in [9.17, 15) is 4.79 Å². The van der Waals surface area contributed by atoms with Crippen molar-refractivity contribution >= 4 is 5.91 Å². The van der Waals surface area contributed by atoms with Crippen molar-refractivity contribution < 1.29 is 4.79 Å². The van der Waals surface area contributed by atoms with Gasteiger partial charge >= 0.3 is 0 Å². The minimum atomic E-state index is -0.107. The number of nitrogens with zero attached hydrogens (tertiary/aromatic N) is 5. The smallest absolute Gasteiger partial charge is 0.274 e. The fraction of sp³-hybridized carbons (Fsp3) is 0.632. The van der Waals surface area contributed by atoms with Gasteiger partial charge in [0.25, 0.3) is 5.91 Å². The van der Waals surface area contributed by atoms with Crippen LogP contribution in [-0.4, -0.2) is 36.9 Å². The average Bonchev–Trinajstić information content (AvgIpc) is 2.99. The number of aromatic nitrogens is 4. The summed E-state index contributed by atoms with van der Waals surface area (Å²) >= 11 is 0. The van der Waals surface area contributed by atoms with Crippen LogP contribution in [0.15, 0.2) is 18.5 Å². The van der Waals surface area contributed by atoms with Crippen molar-refractivity contribution in [3.8, 4) is 0 Å². The van der Waals surface area contributed by atoms with Crippen LogP contribution in [0.5, 0.6) is 0 Å². The van der Waals surface area contributed by atoms with Gasteiger partial charge in [0.2, 0.25) is 0 Å². The molecule has 1 aliphatic carbocycles. The van der Waals surface area contributed by atoms with E-state index in [2.05, 4.69) is 30.6 Å². The van der Waals surface area contributed by atoms with E-state index in [1.807, 2.05) is 30.4 Å². The summed E-state index contributed by atoms with van der Waals surface area (Å²) in [5.41, 5.74) is 2.82. The lowest BCUT2D eigenvalue weighted by molar-refractivity contribution is 0.0728. The van der Waals surface area contributed by atoms with Crippen LogP contribution < -0.4 is 0 Å². The Morgan fingerprint density at radius 1 is 1.24 bits per heavy atom. The van der Waals surface area contributed by atoms with Crippen molar-refractivity contribution in [1.29, 1.82) is 0 Å². The molecule has 1 atom stereocenters. The Bertz CT molecular complexity index is 793. The van der Waals surface area contributed by atoms with Gasteiger partial charge < -0.3 is 4.90 Å². The summed E-state index contributed by atoms with van der Waals surface area (Å²) in [7, 11) is 1.91. The maximum absolute atomic E-state index is 13.2. The average molecular weight is 341 g/mol. The van der Waals surface area contributed by atoms with Gasteiger partial charge in [-0.1, -0.05) is 0 Å². The molecule has 2 aromatic rings. The molecule has 0 aromatic carbocycles. The Labute approximate surface area is 148 Å². The molecule has 1 aliphatic heterocycles. The number of carbonyl (C=O) groups is 1. The summed E-state index contributed by atoms with van der Waals surface area (Å²) in [6, 6.07) is 2.15. The molecule has 0 radical (unpaired) electrons. The lowest BCUT2D eigenvalue weighted by Gasteiger charge is -2.24. The van der Waals surface area contributed by atoms with Gasteiger partial charge in [0, 0.05) is 37.0 Å². The molecular weight excluding hydrogens is 314 g/mol. The van der Waals surface area contributed by atoms with Gasteiger partial charge in [-0.05, 0) is 52.5 Å². The zero-order valence-corrected chi connectivity index (χ0v) is 15.6. The third-order valence-electron chi connectivity index (χ3n) is 5.21. The van der Waals surface area contributed by atoms with Gasteiger partial charge in [-0.15, -0.1) is 0 Å². The summed E-state index contributed by atoms with van der Waals surface area (Å²) in [6.07, 6.45) is 8.32. The molecule has 2 aliphatic rings. The molecule has 1 amide bonds. The van der Waals surface area contributed by atoms with Gasteiger partial charge in [-0.2, -0.15) is 10.2 Å². The summed E-state index contributed by atoms with van der Waals surface area (Å²) in [5, 5.41) is 8.99. The fourth-order valence-corrected chi connectivity index (χ4v) is 3.82. The maximum atomic E-state index is 13.2. The van der Waals surface area contributed by atoms with Gasteiger partial charge in [-0.25, -0.2) is 0 Å². The van der Waals surface area contributed by atoms with E-state index >= 15 is 0 Å². The van der Waals surface area contributed by atoms with Gasteiger partial charge in [0.15, 0.2) is 5.69 Å². The molecule has 4 rings (SSSR count). The molecule has 1 unspecified atom stereocenters. The molecule has 2 fully saturated rings. The SMILES string of the molecule is Cn1cc(C2CCCN2C(=O)c2cc(C3CC3)n(C(C)(C)C)n2)cn1. The van der Waals surface area contributed by atoms with Crippen LogP contribution in [-0.2, 0) is 12.6 Å². The van der Waals surface area contributed by atoms with Crippen LogP contribution in [0.2, 0.25) is 0 Å². The lowest BCUT2D eigenvalue weighted by Crippen LogP contribution is -2.31. The largest absolute Gasteiger partial charge is 0.330 e. The molecule has 0 bridgehead atoms. The molecule has 0 spiro atoms.